The van der Waals surface area contributed by atoms with Crippen LogP contribution >= 0.6 is 0 Å². The van der Waals surface area contributed by atoms with E-state index in [9.17, 15) is 9.18 Å². The van der Waals surface area contributed by atoms with Gasteiger partial charge in [-0.15, -0.1) is 0 Å². The van der Waals surface area contributed by atoms with Crippen LogP contribution in [-0.2, 0) is 0 Å². The Morgan fingerprint density at radius 1 is 1.10 bits per heavy atom. The van der Waals surface area contributed by atoms with Crippen molar-refractivity contribution < 1.29 is 9.18 Å². The standard InChI is InChI=1S/C17H18FNO/c1-17(10-4-5-11-17)19-16(20)14-8-9-15(18)13-7-3-2-6-12(13)14/h2-3,6-9H,4-5,10-11H2,1H3,(H,19,20). The number of benzene rings is 2. The summed E-state index contributed by atoms with van der Waals surface area (Å²) in [5, 5.41) is 4.29. The van der Waals surface area contributed by atoms with Crippen molar-refractivity contribution in [2.45, 2.75) is 38.1 Å². The van der Waals surface area contributed by atoms with Crippen molar-refractivity contribution in [2.75, 3.05) is 0 Å². The molecule has 0 unspecified atom stereocenters. The minimum Gasteiger partial charge on any atom is -0.347 e. The number of nitrogens with one attached hydrogen (secondary N) is 1. The Hall–Kier alpha value is -1.90. The maximum absolute atomic E-state index is 13.8. The second kappa shape index (κ2) is 4.89. The Kier molecular flexibility index (Phi) is 3.20. The van der Waals surface area contributed by atoms with Gasteiger partial charge in [-0.05, 0) is 37.3 Å². The summed E-state index contributed by atoms with van der Waals surface area (Å²) >= 11 is 0. The van der Waals surface area contributed by atoms with E-state index in [1.165, 1.54) is 6.07 Å². The number of carbonyl (C=O) groups excluding carboxylic acids is 1. The van der Waals surface area contributed by atoms with Gasteiger partial charge in [0, 0.05) is 16.5 Å². The summed E-state index contributed by atoms with van der Waals surface area (Å²) in [6.07, 6.45) is 4.33. The minimum absolute atomic E-state index is 0.106. The molecule has 3 rings (SSSR count). The molecule has 0 atom stereocenters. The van der Waals surface area contributed by atoms with Crippen LogP contribution in [-0.4, -0.2) is 11.4 Å². The smallest absolute Gasteiger partial charge is 0.252 e. The molecule has 20 heavy (non-hydrogen) atoms. The van der Waals surface area contributed by atoms with Crippen LogP contribution in [0.15, 0.2) is 36.4 Å². The lowest BCUT2D eigenvalue weighted by Crippen LogP contribution is -2.43. The maximum atomic E-state index is 13.8. The van der Waals surface area contributed by atoms with Crippen LogP contribution in [0.1, 0.15) is 43.0 Å². The third kappa shape index (κ3) is 2.28. The second-order valence-corrected chi connectivity index (χ2v) is 5.86. The molecule has 2 nitrogen and oxygen atoms in total. The largest absolute Gasteiger partial charge is 0.347 e. The van der Waals surface area contributed by atoms with Gasteiger partial charge in [0.15, 0.2) is 0 Å². The molecule has 2 aromatic rings. The van der Waals surface area contributed by atoms with E-state index in [4.69, 9.17) is 0 Å². The molecule has 3 heteroatoms. The Labute approximate surface area is 118 Å². The zero-order valence-electron chi connectivity index (χ0n) is 11.6. The van der Waals surface area contributed by atoms with Gasteiger partial charge in [-0.1, -0.05) is 37.1 Å². The maximum Gasteiger partial charge on any atom is 0.252 e. The molecule has 1 aliphatic carbocycles. The molecule has 0 spiro atoms. The first kappa shape index (κ1) is 13.1. The molecule has 0 aliphatic heterocycles. The van der Waals surface area contributed by atoms with Gasteiger partial charge < -0.3 is 5.32 Å². The fraction of sp³-hybridized carbons (Fsp3) is 0.353. The van der Waals surface area contributed by atoms with E-state index < -0.39 is 0 Å². The predicted molar refractivity (Wildman–Crippen MR) is 78.2 cm³/mol. The molecule has 1 saturated carbocycles. The zero-order chi connectivity index (χ0) is 14.2. The number of hydrogen-bond acceptors (Lipinski definition) is 1. The molecule has 0 radical (unpaired) electrons. The molecule has 1 aliphatic rings. The van der Waals surface area contributed by atoms with Crippen LogP contribution in [0.4, 0.5) is 4.39 Å². The van der Waals surface area contributed by atoms with Crippen LogP contribution in [0.3, 0.4) is 0 Å². The third-order valence-electron chi connectivity index (χ3n) is 4.24. The second-order valence-electron chi connectivity index (χ2n) is 5.86. The molecule has 1 fully saturated rings. The first-order valence-corrected chi connectivity index (χ1v) is 7.09. The van der Waals surface area contributed by atoms with Crippen LogP contribution in [0.2, 0.25) is 0 Å². The monoisotopic (exact) mass is 271 g/mol. The normalized spacial score (nSPS) is 17.3. The topological polar surface area (TPSA) is 29.1 Å². The van der Waals surface area contributed by atoms with Crippen LogP contribution in [0.5, 0.6) is 0 Å². The molecule has 0 saturated heterocycles. The van der Waals surface area contributed by atoms with E-state index >= 15 is 0 Å². The molecule has 0 bridgehead atoms. The number of carbonyl (C=O) groups is 1. The molecule has 1 N–H and O–H groups in total. The van der Waals surface area contributed by atoms with Crippen LogP contribution in [0, 0.1) is 5.82 Å². The van der Waals surface area contributed by atoms with E-state index in [-0.39, 0.29) is 17.3 Å². The molecule has 0 aromatic heterocycles. The average Bonchev–Trinajstić information content (AvgIpc) is 2.86. The molecule has 1 amide bonds. The highest BCUT2D eigenvalue weighted by Crippen LogP contribution is 2.30. The van der Waals surface area contributed by atoms with Crippen molar-refractivity contribution in [3.05, 3.63) is 47.8 Å². The Balaban J connectivity index is 1.98. The molecule has 0 heterocycles. The number of halogens is 1. The van der Waals surface area contributed by atoms with E-state index in [1.807, 2.05) is 6.07 Å². The van der Waals surface area contributed by atoms with Crippen molar-refractivity contribution >= 4 is 16.7 Å². The predicted octanol–water partition coefficient (Wildman–Crippen LogP) is 4.04. The van der Waals surface area contributed by atoms with E-state index in [0.717, 1.165) is 25.7 Å². The Morgan fingerprint density at radius 2 is 1.75 bits per heavy atom. The summed E-state index contributed by atoms with van der Waals surface area (Å²) in [6.45, 7) is 2.09. The number of amides is 1. The highest BCUT2D eigenvalue weighted by atomic mass is 19.1. The number of fused-ring (bicyclic) bond motifs is 1. The van der Waals surface area contributed by atoms with Gasteiger partial charge in [-0.3, -0.25) is 4.79 Å². The summed E-state index contributed by atoms with van der Waals surface area (Å²) in [7, 11) is 0. The SMILES string of the molecule is CC1(NC(=O)c2ccc(F)c3ccccc23)CCCC1. The van der Waals surface area contributed by atoms with Crippen LogP contribution < -0.4 is 5.32 Å². The van der Waals surface area contributed by atoms with Crippen LogP contribution in [0.25, 0.3) is 10.8 Å². The number of rotatable bonds is 2. The number of hydrogen-bond donors (Lipinski definition) is 1. The summed E-state index contributed by atoms with van der Waals surface area (Å²) in [5.41, 5.74) is 0.433. The minimum atomic E-state index is -0.288. The fourth-order valence-electron chi connectivity index (χ4n) is 3.08. The fourth-order valence-corrected chi connectivity index (χ4v) is 3.08. The van der Waals surface area contributed by atoms with Crippen molar-refractivity contribution in [3.63, 3.8) is 0 Å². The molecule has 104 valence electrons. The van der Waals surface area contributed by atoms with Crippen molar-refractivity contribution in [2.24, 2.45) is 0 Å². The van der Waals surface area contributed by atoms with E-state index in [2.05, 4.69) is 12.2 Å². The molecular weight excluding hydrogens is 253 g/mol. The zero-order valence-corrected chi connectivity index (χ0v) is 11.6. The first-order chi connectivity index (χ1) is 9.59. The summed E-state index contributed by atoms with van der Waals surface area (Å²) in [5.74, 6) is -0.394. The Bertz CT molecular complexity index is 659. The van der Waals surface area contributed by atoms with Gasteiger partial charge in [-0.2, -0.15) is 0 Å². The lowest BCUT2D eigenvalue weighted by atomic mass is 9.98. The lowest BCUT2D eigenvalue weighted by Gasteiger charge is -2.25. The van der Waals surface area contributed by atoms with Gasteiger partial charge in [0.1, 0.15) is 5.82 Å². The lowest BCUT2D eigenvalue weighted by molar-refractivity contribution is 0.0910. The highest BCUT2D eigenvalue weighted by Gasteiger charge is 2.30. The van der Waals surface area contributed by atoms with Gasteiger partial charge in [-0.25, -0.2) is 4.39 Å². The average molecular weight is 271 g/mol. The van der Waals surface area contributed by atoms with Crippen molar-refractivity contribution in [1.82, 2.24) is 5.32 Å². The molecular formula is C17H18FNO. The van der Waals surface area contributed by atoms with Gasteiger partial charge in [0.2, 0.25) is 0 Å². The van der Waals surface area contributed by atoms with E-state index in [0.29, 0.717) is 16.3 Å². The van der Waals surface area contributed by atoms with Gasteiger partial charge >= 0.3 is 0 Å². The van der Waals surface area contributed by atoms with Crippen molar-refractivity contribution in [1.29, 1.82) is 0 Å². The first-order valence-electron chi connectivity index (χ1n) is 7.09. The molecule has 2 aromatic carbocycles. The van der Waals surface area contributed by atoms with Gasteiger partial charge in [0.05, 0.1) is 0 Å². The summed E-state index contributed by atoms with van der Waals surface area (Å²) in [4.78, 5) is 12.5. The van der Waals surface area contributed by atoms with E-state index in [1.54, 1.807) is 24.3 Å². The van der Waals surface area contributed by atoms with Crippen molar-refractivity contribution in [3.8, 4) is 0 Å². The third-order valence-corrected chi connectivity index (χ3v) is 4.24. The summed E-state index contributed by atoms with van der Waals surface area (Å²) < 4.78 is 13.8. The van der Waals surface area contributed by atoms with Gasteiger partial charge in [0.25, 0.3) is 5.91 Å². The highest BCUT2D eigenvalue weighted by molar-refractivity contribution is 6.07. The summed E-state index contributed by atoms with van der Waals surface area (Å²) in [6, 6.07) is 10.1. The Morgan fingerprint density at radius 3 is 2.45 bits per heavy atom. The quantitative estimate of drug-likeness (QED) is 0.877.